The molecule has 3 nitrogen and oxygen atoms in total. The van der Waals surface area contributed by atoms with Crippen molar-refractivity contribution in [2.45, 2.75) is 45.3 Å². The predicted octanol–water partition coefficient (Wildman–Crippen LogP) is 1.83. The highest BCUT2D eigenvalue weighted by atomic mass is 19.4. The summed E-state index contributed by atoms with van der Waals surface area (Å²) in [5.74, 6) is -0.466. The fraction of sp³-hybridized carbons (Fsp3) is 0.909. The molecule has 1 heterocycles. The van der Waals surface area contributed by atoms with Crippen LogP contribution in [0.2, 0.25) is 0 Å². The van der Waals surface area contributed by atoms with Gasteiger partial charge in [-0.2, -0.15) is 13.2 Å². The first-order chi connectivity index (χ1) is 7.82. The van der Waals surface area contributed by atoms with Gasteiger partial charge < -0.3 is 10.6 Å². The molecule has 0 aromatic carbocycles. The maximum atomic E-state index is 12.4. The number of hydrogen-bond acceptors (Lipinski definition) is 2. The van der Waals surface area contributed by atoms with E-state index in [0.29, 0.717) is 32.4 Å². The molecule has 1 amide bonds. The molecule has 0 spiro atoms. The number of amides is 1. The molecule has 0 aliphatic carbocycles. The van der Waals surface area contributed by atoms with Gasteiger partial charge in [-0.25, -0.2) is 0 Å². The predicted molar refractivity (Wildman–Crippen MR) is 58.5 cm³/mol. The highest BCUT2D eigenvalue weighted by Crippen LogP contribution is 2.33. The second-order valence-electron chi connectivity index (χ2n) is 4.62. The highest BCUT2D eigenvalue weighted by Gasteiger charge is 2.43. The standard InChI is InChI=1S/C11H19F3N2O/c1-3-10(4-6-15-7-5-10)9(17)16-8(2)11(12,13)14/h8,15H,3-7H2,1-2H3,(H,16,17)/t8-/m1/s1. The summed E-state index contributed by atoms with van der Waals surface area (Å²) in [4.78, 5) is 12.0. The first-order valence-corrected chi connectivity index (χ1v) is 5.90. The second-order valence-corrected chi connectivity index (χ2v) is 4.62. The fourth-order valence-corrected chi connectivity index (χ4v) is 2.08. The van der Waals surface area contributed by atoms with Crippen molar-refractivity contribution < 1.29 is 18.0 Å². The molecule has 0 bridgehead atoms. The minimum atomic E-state index is -4.38. The summed E-state index contributed by atoms with van der Waals surface area (Å²) in [6.45, 7) is 4.19. The van der Waals surface area contributed by atoms with Crippen LogP contribution in [-0.2, 0) is 4.79 Å². The lowest BCUT2D eigenvalue weighted by Gasteiger charge is -2.36. The van der Waals surface area contributed by atoms with Crippen LogP contribution in [0.4, 0.5) is 13.2 Å². The van der Waals surface area contributed by atoms with Crippen LogP contribution < -0.4 is 10.6 Å². The third kappa shape index (κ3) is 3.34. The number of nitrogens with one attached hydrogen (secondary N) is 2. The number of carbonyl (C=O) groups excluding carboxylic acids is 1. The summed E-state index contributed by atoms with van der Waals surface area (Å²) in [5.41, 5.74) is -0.634. The molecule has 1 aliphatic rings. The second kappa shape index (κ2) is 5.25. The zero-order valence-corrected chi connectivity index (χ0v) is 10.2. The van der Waals surface area contributed by atoms with Crippen molar-refractivity contribution in [2.75, 3.05) is 13.1 Å². The van der Waals surface area contributed by atoms with E-state index in [1.807, 2.05) is 6.92 Å². The molecular weight excluding hydrogens is 233 g/mol. The van der Waals surface area contributed by atoms with E-state index in [1.54, 1.807) is 0 Å². The van der Waals surface area contributed by atoms with Crippen molar-refractivity contribution in [2.24, 2.45) is 5.41 Å². The van der Waals surface area contributed by atoms with Crippen molar-refractivity contribution in [1.29, 1.82) is 0 Å². The Bertz CT molecular complexity index is 272. The summed E-state index contributed by atoms with van der Waals surface area (Å²) in [6.07, 6.45) is -2.61. The molecule has 17 heavy (non-hydrogen) atoms. The van der Waals surface area contributed by atoms with Crippen molar-refractivity contribution in [1.82, 2.24) is 10.6 Å². The van der Waals surface area contributed by atoms with E-state index >= 15 is 0 Å². The van der Waals surface area contributed by atoms with Crippen LogP contribution in [0.5, 0.6) is 0 Å². The Balaban J connectivity index is 2.67. The van der Waals surface area contributed by atoms with E-state index in [2.05, 4.69) is 10.6 Å². The van der Waals surface area contributed by atoms with Gasteiger partial charge in [0.1, 0.15) is 6.04 Å². The van der Waals surface area contributed by atoms with E-state index < -0.39 is 23.5 Å². The molecule has 1 rings (SSSR count). The fourth-order valence-electron chi connectivity index (χ4n) is 2.08. The lowest BCUT2D eigenvalue weighted by molar-refractivity contribution is -0.162. The average Bonchev–Trinajstić information content (AvgIpc) is 2.28. The van der Waals surface area contributed by atoms with E-state index in [0.717, 1.165) is 6.92 Å². The summed E-state index contributed by atoms with van der Waals surface area (Å²) < 4.78 is 37.1. The quantitative estimate of drug-likeness (QED) is 0.804. The van der Waals surface area contributed by atoms with Gasteiger partial charge in [0.15, 0.2) is 0 Å². The van der Waals surface area contributed by atoms with Gasteiger partial charge in [0, 0.05) is 0 Å². The Hall–Kier alpha value is -0.780. The van der Waals surface area contributed by atoms with Crippen molar-refractivity contribution in [3.05, 3.63) is 0 Å². The van der Waals surface area contributed by atoms with Gasteiger partial charge in [-0.15, -0.1) is 0 Å². The van der Waals surface area contributed by atoms with Crippen LogP contribution in [0.3, 0.4) is 0 Å². The van der Waals surface area contributed by atoms with Crippen LogP contribution >= 0.6 is 0 Å². The number of rotatable bonds is 3. The number of carbonyl (C=O) groups is 1. The lowest BCUT2D eigenvalue weighted by Crippen LogP contribution is -2.52. The molecule has 0 radical (unpaired) electrons. The van der Waals surface area contributed by atoms with Gasteiger partial charge in [-0.3, -0.25) is 4.79 Å². The van der Waals surface area contributed by atoms with Crippen molar-refractivity contribution in [3.8, 4) is 0 Å². The summed E-state index contributed by atoms with van der Waals surface area (Å²) in [5, 5.41) is 5.20. The molecule has 100 valence electrons. The molecule has 0 saturated carbocycles. The Labute approximate surface area is 99.1 Å². The van der Waals surface area contributed by atoms with Crippen molar-refractivity contribution >= 4 is 5.91 Å². The van der Waals surface area contributed by atoms with Crippen LogP contribution in [0, 0.1) is 5.41 Å². The van der Waals surface area contributed by atoms with Crippen LogP contribution in [0.1, 0.15) is 33.1 Å². The minimum Gasteiger partial charge on any atom is -0.344 e. The monoisotopic (exact) mass is 252 g/mol. The molecule has 6 heteroatoms. The van der Waals surface area contributed by atoms with E-state index in [-0.39, 0.29) is 0 Å². The van der Waals surface area contributed by atoms with Gasteiger partial charge >= 0.3 is 6.18 Å². The average molecular weight is 252 g/mol. The Kier molecular flexibility index (Phi) is 4.41. The molecule has 2 N–H and O–H groups in total. The lowest BCUT2D eigenvalue weighted by atomic mass is 9.75. The van der Waals surface area contributed by atoms with Crippen LogP contribution in [0.15, 0.2) is 0 Å². The third-order valence-electron chi connectivity index (χ3n) is 3.56. The molecule has 0 unspecified atom stereocenters. The highest BCUT2D eigenvalue weighted by molar-refractivity contribution is 5.83. The largest absolute Gasteiger partial charge is 0.408 e. The summed E-state index contributed by atoms with van der Waals surface area (Å²) in [7, 11) is 0. The summed E-state index contributed by atoms with van der Waals surface area (Å²) in [6, 6.07) is -1.78. The third-order valence-corrected chi connectivity index (χ3v) is 3.56. The maximum Gasteiger partial charge on any atom is 0.408 e. The minimum absolute atomic E-state index is 0.466. The number of alkyl halides is 3. The number of hydrogen-bond donors (Lipinski definition) is 2. The van der Waals surface area contributed by atoms with Gasteiger partial charge in [-0.05, 0) is 39.3 Å². The van der Waals surface area contributed by atoms with E-state index in [4.69, 9.17) is 0 Å². The van der Waals surface area contributed by atoms with Crippen LogP contribution in [0.25, 0.3) is 0 Å². The molecule has 1 atom stereocenters. The van der Waals surface area contributed by atoms with E-state index in [9.17, 15) is 18.0 Å². The first-order valence-electron chi connectivity index (χ1n) is 5.90. The SMILES string of the molecule is CCC1(C(=O)N[C@H](C)C(F)(F)F)CCNCC1. The topological polar surface area (TPSA) is 41.1 Å². The first kappa shape index (κ1) is 14.3. The number of halogens is 3. The smallest absolute Gasteiger partial charge is 0.344 e. The zero-order chi connectivity index (χ0) is 13.1. The Morgan fingerprint density at radius 3 is 2.35 bits per heavy atom. The van der Waals surface area contributed by atoms with Crippen LogP contribution in [-0.4, -0.2) is 31.2 Å². The molecule has 1 saturated heterocycles. The molecule has 0 aromatic heterocycles. The van der Waals surface area contributed by atoms with Gasteiger partial charge in [-0.1, -0.05) is 6.92 Å². The Morgan fingerprint density at radius 2 is 1.94 bits per heavy atom. The molecule has 1 fully saturated rings. The van der Waals surface area contributed by atoms with Gasteiger partial charge in [0.2, 0.25) is 5.91 Å². The Morgan fingerprint density at radius 1 is 1.41 bits per heavy atom. The molecular formula is C11H19F3N2O. The number of piperidine rings is 1. The molecule has 1 aliphatic heterocycles. The maximum absolute atomic E-state index is 12.4. The zero-order valence-electron chi connectivity index (χ0n) is 10.2. The van der Waals surface area contributed by atoms with E-state index in [1.165, 1.54) is 0 Å². The normalized spacial score (nSPS) is 21.9. The van der Waals surface area contributed by atoms with Gasteiger partial charge in [0.25, 0.3) is 0 Å². The summed E-state index contributed by atoms with van der Waals surface area (Å²) >= 11 is 0. The van der Waals surface area contributed by atoms with Crippen molar-refractivity contribution in [3.63, 3.8) is 0 Å². The van der Waals surface area contributed by atoms with Gasteiger partial charge in [0.05, 0.1) is 5.41 Å². The molecule has 0 aromatic rings.